The quantitative estimate of drug-likeness (QED) is 0.659. The molecule has 4 atom stereocenters. The van der Waals surface area contributed by atoms with E-state index in [1.165, 1.54) is 32.8 Å². The molecule has 1 aromatic rings. The molecule has 2 saturated carbocycles. The smallest absolute Gasteiger partial charge is 0.340 e. The van der Waals surface area contributed by atoms with Crippen LogP contribution >= 0.6 is 0 Å². The lowest BCUT2D eigenvalue weighted by Gasteiger charge is -2.30. The Morgan fingerprint density at radius 1 is 1.38 bits per heavy atom. The van der Waals surface area contributed by atoms with Crippen LogP contribution in [-0.2, 0) is 4.74 Å². The second-order valence-corrected chi connectivity index (χ2v) is 6.53. The molecule has 4 nitrogen and oxygen atoms in total. The van der Waals surface area contributed by atoms with Gasteiger partial charge in [0.2, 0.25) is 0 Å². The lowest BCUT2D eigenvalue weighted by atomic mass is 9.84. The van der Waals surface area contributed by atoms with Crippen LogP contribution in [0.25, 0.3) is 0 Å². The number of hydrogen-bond donors (Lipinski definition) is 2. The van der Waals surface area contributed by atoms with Crippen LogP contribution < -0.4 is 11.1 Å². The molecule has 3 N–H and O–H groups in total. The third-order valence-electron chi connectivity index (χ3n) is 5.31. The molecule has 4 unspecified atom stereocenters. The standard InChI is InChI=1S/C17H24N2O2/c1-10(14-9-11-6-7-12(14)8-11)19-16-13(17(20)21-2)4-3-5-15(16)18/h3-5,10-12,14,19H,6-9,18H2,1-2H3. The molecule has 0 amide bonds. The summed E-state index contributed by atoms with van der Waals surface area (Å²) < 4.78 is 4.85. The van der Waals surface area contributed by atoms with Crippen LogP contribution in [0.3, 0.4) is 0 Å². The number of carbonyl (C=O) groups is 1. The molecule has 2 fully saturated rings. The van der Waals surface area contributed by atoms with E-state index in [1.807, 2.05) is 6.07 Å². The number of nitrogens with one attached hydrogen (secondary N) is 1. The van der Waals surface area contributed by atoms with Crippen LogP contribution in [-0.4, -0.2) is 19.1 Å². The normalized spacial score (nSPS) is 28.4. The highest BCUT2D eigenvalue weighted by Crippen LogP contribution is 2.50. The number of fused-ring (bicyclic) bond motifs is 2. The van der Waals surface area contributed by atoms with E-state index in [2.05, 4.69) is 12.2 Å². The number of nitrogens with two attached hydrogens (primary N) is 1. The largest absolute Gasteiger partial charge is 0.465 e. The van der Waals surface area contributed by atoms with Crippen molar-refractivity contribution in [3.8, 4) is 0 Å². The molecule has 0 saturated heterocycles. The lowest BCUT2D eigenvalue weighted by molar-refractivity contribution is 0.0602. The highest BCUT2D eigenvalue weighted by atomic mass is 16.5. The van der Waals surface area contributed by atoms with Crippen molar-refractivity contribution in [1.82, 2.24) is 0 Å². The molecule has 0 aromatic heterocycles. The van der Waals surface area contributed by atoms with E-state index in [1.54, 1.807) is 12.1 Å². The number of hydrogen-bond acceptors (Lipinski definition) is 4. The third kappa shape index (κ3) is 2.59. The molecular weight excluding hydrogens is 264 g/mol. The van der Waals surface area contributed by atoms with Gasteiger partial charge in [-0.1, -0.05) is 12.5 Å². The van der Waals surface area contributed by atoms with E-state index in [4.69, 9.17) is 10.5 Å². The first-order valence-corrected chi connectivity index (χ1v) is 7.83. The second-order valence-electron chi connectivity index (χ2n) is 6.53. The summed E-state index contributed by atoms with van der Waals surface area (Å²) in [5.74, 6) is 2.10. The monoisotopic (exact) mass is 288 g/mol. The number of esters is 1. The molecular formula is C17H24N2O2. The van der Waals surface area contributed by atoms with Gasteiger partial charge < -0.3 is 15.8 Å². The van der Waals surface area contributed by atoms with Crippen LogP contribution in [0, 0.1) is 17.8 Å². The van der Waals surface area contributed by atoms with E-state index < -0.39 is 0 Å². The van der Waals surface area contributed by atoms with E-state index in [0.717, 1.165) is 17.5 Å². The summed E-state index contributed by atoms with van der Waals surface area (Å²) >= 11 is 0. The Balaban J connectivity index is 1.79. The minimum atomic E-state index is -0.343. The van der Waals surface area contributed by atoms with Gasteiger partial charge in [0.15, 0.2) is 0 Å². The number of rotatable bonds is 4. The molecule has 21 heavy (non-hydrogen) atoms. The summed E-state index contributed by atoms with van der Waals surface area (Å²) in [6, 6.07) is 5.70. The van der Waals surface area contributed by atoms with Crippen LogP contribution in [0.1, 0.15) is 43.0 Å². The minimum absolute atomic E-state index is 0.327. The Hall–Kier alpha value is -1.71. The van der Waals surface area contributed by atoms with Gasteiger partial charge in [-0.05, 0) is 56.1 Å². The van der Waals surface area contributed by atoms with Crippen molar-refractivity contribution in [3.05, 3.63) is 23.8 Å². The first-order valence-electron chi connectivity index (χ1n) is 7.83. The zero-order valence-electron chi connectivity index (χ0n) is 12.8. The Kier molecular flexibility index (Phi) is 3.79. The molecule has 4 heteroatoms. The van der Waals surface area contributed by atoms with Gasteiger partial charge in [0.1, 0.15) is 0 Å². The van der Waals surface area contributed by atoms with Crippen LogP contribution in [0.2, 0.25) is 0 Å². The number of carbonyl (C=O) groups excluding carboxylic acids is 1. The predicted octanol–water partition coefficient (Wildman–Crippen LogP) is 3.29. The van der Waals surface area contributed by atoms with E-state index in [-0.39, 0.29) is 5.97 Å². The molecule has 0 aliphatic heterocycles. The molecule has 2 bridgehead atoms. The Morgan fingerprint density at radius 3 is 2.81 bits per heavy atom. The second kappa shape index (κ2) is 5.58. The molecule has 114 valence electrons. The molecule has 0 spiro atoms. The summed E-state index contributed by atoms with van der Waals surface area (Å²) in [6.07, 6.45) is 5.44. The van der Waals surface area contributed by atoms with Crippen molar-refractivity contribution in [1.29, 1.82) is 0 Å². The highest BCUT2D eigenvalue weighted by Gasteiger charge is 2.42. The maximum absolute atomic E-state index is 11.9. The number of methoxy groups -OCH3 is 1. The van der Waals surface area contributed by atoms with Crippen molar-refractivity contribution in [2.45, 2.75) is 38.6 Å². The van der Waals surface area contributed by atoms with Gasteiger partial charge in [0.05, 0.1) is 24.0 Å². The Labute approximate surface area is 126 Å². The van der Waals surface area contributed by atoms with Crippen molar-refractivity contribution >= 4 is 17.3 Å². The summed E-state index contributed by atoms with van der Waals surface area (Å²) in [5.41, 5.74) is 7.91. The number of nitrogen functional groups attached to an aromatic ring is 1. The van der Waals surface area contributed by atoms with Crippen molar-refractivity contribution in [2.75, 3.05) is 18.2 Å². The fourth-order valence-corrected chi connectivity index (χ4v) is 4.25. The molecule has 1 aromatic carbocycles. The number of para-hydroxylation sites is 1. The zero-order chi connectivity index (χ0) is 15.0. The predicted molar refractivity (Wildman–Crippen MR) is 84.2 cm³/mol. The number of anilines is 2. The zero-order valence-corrected chi connectivity index (χ0v) is 12.8. The van der Waals surface area contributed by atoms with Gasteiger partial charge >= 0.3 is 5.97 Å². The topological polar surface area (TPSA) is 64.3 Å². The summed E-state index contributed by atoms with van der Waals surface area (Å²) in [7, 11) is 1.40. The van der Waals surface area contributed by atoms with Crippen molar-refractivity contribution in [2.24, 2.45) is 17.8 Å². The molecule has 2 aliphatic rings. The van der Waals surface area contributed by atoms with Gasteiger partial charge in [-0.25, -0.2) is 4.79 Å². The summed E-state index contributed by atoms with van der Waals surface area (Å²) in [5, 5.41) is 3.49. The average molecular weight is 288 g/mol. The summed E-state index contributed by atoms with van der Waals surface area (Å²) in [4.78, 5) is 11.9. The van der Waals surface area contributed by atoms with E-state index in [0.29, 0.717) is 23.2 Å². The number of ether oxygens (including phenoxy) is 1. The summed E-state index contributed by atoms with van der Waals surface area (Å²) in [6.45, 7) is 2.21. The first kappa shape index (κ1) is 14.2. The molecule has 0 radical (unpaired) electrons. The highest BCUT2D eigenvalue weighted by molar-refractivity contribution is 5.98. The maximum atomic E-state index is 11.9. The van der Waals surface area contributed by atoms with Gasteiger partial charge in [-0.2, -0.15) is 0 Å². The fraction of sp³-hybridized carbons (Fsp3) is 0.588. The van der Waals surface area contributed by atoms with Crippen LogP contribution in [0.4, 0.5) is 11.4 Å². The SMILES string of the molecule is COC(=O)c1cccc(N)c1NC(C)C1CC2CCC1C2. The van der Waals surface area contributed by atoms with Gasteiger partial charge in [0, 0.05) is 6.04 Å². The maximum Gasteiger partial charge on any atom is 0.340 e. The van der Waals surface area contributed by atoms with E-state index >= 15 is 0 Å². The van der Waals surface area contributed by atoms with Crippen LogP contribution in [0.15, 0.2) is 18.2 Å². The minimum Gasteiger partial charge on any atom is -0.465 e. The van der Waals surface area contributed by atoms with Crippen molar-refractivity contribution < 1.29 is 9.53 Å². The third-order valence-corrected chi connectivity index (χ3v) is 5.31. The van der Waals surface area contributed by atoms with E-state index in [9.17, 15) is 4.79 Å². The molecule has 3 rings (SSSR count). The van der Waals surface area contributed by atoms with Crippen molar-refractivity contribution in [3.63, 3.8) is 0 Å². The van der Waals surface area contributed by atoms with Gasteiger partial charge in [0.25, 0.3) is 0 Å². The first-order chi connectivity index (χ1) is 10.1. The Morgan fingerprint density at radius 2 is 2.19 bits per heavy atom. The lowest BCUT2D eigenvalue weighted by Crippen LogP contribution is -2.31. The van der Waals surface area contributed by atoms with Gasteiger partial charge in [-0.15, -0.1) is 0 Å². The molecule has 0 heterocycles. The molecule has 2 aliphatic carbocycles. The Bertz CT molecular complexity index is 544. The fourth-order valence-electron chi connectivity index (χ4n) is 4.25. The average Bonchev–Trinajstić information content (AvgIpc) is 3.11. The van der Waals surface area contributed by atoms with Crippen LogP contribution in [0.5, 0.6) is 0 Å². The van der Waals surface area contributed by atoms with Gasteiger partial charge in [-0.3, -0.25) is 0 Å². The number of benzene rings is 1.